The molecule has 0 saturated heterocycles. The van der Waals surface area contributed by atoms with Gasteiger partial charge in [-0.1, -0.05) is 0 Å². The van der Waals surface area contributed by atoms with Crippen LogP contribution in [0.2, 0.25) is 0 Å². The van der Waals surface area contributed by atoms with E-state index < -0.39 is 17.4 Å². The van der Waals surface area contributed by atoms with Crippen LogP contribution in [0.1, 0.15) is 20.8 Å². The molecule has 0 aliphatic carbocycles. The quantitative estimate of drug-likeness (QED) is 0.207. The number of hydrogen-bond acceptors (Lipinski definition) is 4. The second kappa shape index (κ2) is 6.43. The molecule has 83 valence electrons. The van der Waals surface area contributed by atoms with Crippen LogP contribution in [0.4, 0.5) is 0 Å². The predicted octanol–water partition coefficient (Wildman–Crippen LogP) is -1.01. The van der Waals surface area contributed by atoms with Crippen molar-refractivity contribution in [2.75, 3.05) is 6.54 Å². The predicted molar refractivity (Wildman–Crippen MR) is 57.0 cm³/mol. The van der Waals surface area contributed by atoms with Crippen LogP contribution < -0.4 is 11.5 Å². The molecule has 0 aromatic heterocycles. The molecule has 7 heteroatoms. The summed E-state index contributed by atoms with van der Waals surface area (Å²) in [7, 11) is 0. The first-order chi connectivity index (χ1) is 6.23. The lowest BCUT2D eigenvalue weighted by Crippen LogP contribution is -2.28. The Morgan fingerprint density at radius 1 is 1.27 bits per heavy atom. The Morgan fingerprint density at radius 2 is 1.73 bits per heavy atom. The molecule has 0 bridgehead atoms. The van der Waals surface area contributed by atoms with Gasteiger partial charge in [0.1, 0.15) is 6.54 Å². The van der Waals surface area contributed by atoms with E-state index in [1.54, 1.807) is 20.8 Å². The molecule has 4 N–H and O–H groups in total. The Bertz CT molecular complexity index is 267. The Hall–Kier alpha value is -1.06. The van der Waals surface area contributed by atoms with Gasteiger partial charge in [0, 0.05) is 17.4 Å². The maximum absolute atomic E-state index is 11.2. The molecule has 6 nitrogen and oxygen atoms in total. The number of ether oxygens (including phenoxy) is 1. The largest absolute Gasteiger partial charge is 0.391 e. The van der Waals surface area contributed by atoms with E-state index in [0.717, 1.165) is 0 Å². The highest BCUT2D eigenvalue weighted by Gasteiger charge is 2.25. The summed E-state index contributed by atoms with van der Waals surface area (Å²) in [5, 5.41) is 0. The van der Waals surface area contributed by atoms with Gasteiger partial charge in [0.15, 0.2) is 5.96 Å². The number of esters is 2. The number of hydrogen-bond donors (Lipinski definition) is 2. The summed E-state index contributed by atoms with van der Waals surface area (Å²) in [6, 6.07) is 0. The highest BCUT2D eigenvalue weighted by Crippen LogP contribution is 2.14. The molecule has 0 aliphatic rings. The number of guanidine groups is 1. The molecule has 0 atom stereocenters. The number of nitrogens with zero attached hydrogens (tertiary/aromatic N) is 1. The van der Waals surface area contributed by atoms with E-state index in [0.29, 0.717) is 0 Å². The Balaban J connectivity index is 0. The minimum absolute atomic E-state index is 0. The van der Waals surface area contributed by atoms with Crippen LogP contribution in [0.5, 0.6) is 0 Å². The number of rotatable bonds is 2. The fraction of sp³-hybridized carbons (Fsp3) is 0.625. The Kier molecular flexibility index (Phi) is 7.02. The zero-order chi connectivity index (χ0) is 11.4. The van der Waals surface area contributed by atoms with Gasteiger partial charge in [0.2, 0.25) is 0 Å². The summed E-state index contributed by atoms with van der Waals surface area (Å²) in [4.78, 5) is 25.5. The first kappa shape index (κ1) is 16.4. The van der Waals surface area contributed by atoms with Gasteiger partial charge in [-0.25, -0.2) is 9.79 Å². The summed E-state index contributed by atoms with van der Waals surface area (Å²) in [5.41, 5.74) is 9.27. The summed E-state index contributed by atoms with van der Waals surface area (Å²) in [6.45, 7) is 4.58. The van der Waals surface area contributed by atoms with Crippen molar-refractivity contribution in [2.24, 2.45) is 21.9 Å². The van der Waals surface area contributed by atoms with Crippen molar-refractivity contribution in [3.8, 4) is 0 Å². The van der Waals surface area contributed by atoms with E-state index in [4.69, 9.17) is 11.5 Å². The summed E-state index contributed by atoms with van der Waals surface area (Å²) < 4.78 is 4.47. The molecular formula is C8H15AlN3O3. The average Bonchev–Trinajstić information content (AvgIpc) is 1.99. The summed E-state index contributed by atoms with van der Waals surface area (Å²) in [6.07, 6.45) is 0. The molecule has 0 heterocycles. The molecular weight excluding hydrogens is 213 g/mol. The van der Waals surface area contributed by atoms with Crippen molar-refractivity contribution in [1.29, 1.82) is 0 Å². The highest BCUT2D eigenvalue weighted by molar-refractivity contribution is 5.90. The molecule has 3 radical (unpaired) electrons. The lowest BCUT2D eigenvalue weighted by atomic mass is 9.97. The minimum atomic E-state index is -0.765. The number of nitrogens with two attached hydrogens (primary N) is 2. The van der Waals surface area contributed by atoms with Crippen LogP contribution in [0, 0.1) is 5.41 Å². The van der Waals surface area contributed by atoms with Crippen molar-refractivity contribution >= 4 is 35.3 Å². The second-order valence-corrected chi connectivity index (χ2v) is 3.75. The van der Waals surface area contributed by atoms with Crippen LogP contribution in [-0.2, 0) is 14.3 Å². The minimum Gasteiger partial charge on any atom is -0.391 e. The highest BCUT2D eigenvalue weighted by atomic mass is 27.0. The van der Waals surface area contributed by atoms with E-state index in [-0.39, 0.29) is 29.9 Å². The molecule has 0 amide bonds. The molecule has 0 saturated carbocycles. The molecule has 0 aliphatic heterocycles. The van der Waals surface area contributed by atoms with Gasteiger partial charge in [-0.3, -0.25) is 4.79 Å². The van der Waals surface area contributed by atoms with Crippen molar-refractivity contribution in [1.82, 2.24) is 0 Å². The average molecular weight is 228 g/mol. The third-order valence-corrected chi connectivity index (χ3v) is 1.21. The van der Waals surface area contributed by atoms with E-state index in [1.807, 2.05) is 0 Å². The number of carbonyl (C=O) groups excluding carboxylic acids is 2. The molecule has 15 heavy (non-hydrogen) atoms. The van der Waals surface area contributed by atoms with Crippen molar-refractivity contribution in [3.05, 3.63) is 0 Å². The number of aliphatic imine (C=N–C) groups is 1. The lowest BCUT2D eigenvalue weighted by Gasteiger charge is -2.14. The molecule has 0 aromatic rings. The topological polar surface area (TPSA) is 108 Å². The van der Waals surface area contributed by atoms with Crippen LogP contribution in [0.3, 0.4) is 0 Å². The normalized spacial score (nSPS) is 9.80. The smallest absolute Gasteiger partial charge is 0.335 e. The van der Waals surface area contributed by atoms with Crippen LogP contribution in [0.25, 0.3) is 0 Å². The summed E-state index contributed by atoms with van der Waals surface area (Å²) in [5.74, 6) is -1.59. The van der Waals surface area contributed by atoms with Gasteiger partial charge in [-0.15, -0.1) is 0 Å². The Morgan fingerprint density at radius 3 is 2.07 bits per heavy atom. The fourth-order valence-corrected chi connectivity index (χ4v) is 0.445. The van der Waals surface area contributed by atoms with Gasteiger partial charge >= 0.3 is 11.9 Å². The van der Waals surface area contributed by atoms with Crippen molar-refractivity contribution < 1.29 is 14.3 Å². The van der Waals surface area contributed by atoms with Crippen molar-refractivity contribution in [3.63, 3.8) is 0 Å². The standard InChI is InChI=1S/C8H15N3O3.Al/c1-8(2,3)6(13)14-5(12)4-11-7(9)10;/h4H2,1-3H3,(H4,9,10,11);. The third-order valence-electron chi connectivity index (χ3n) is 1.21. The molecule has 0 rings (SSSR count). The number of carbonyl (C=O) groups is 2. The van der Waals surface area contributed by atoms with Gasteiger partial charge in [0.05, 0.1) is 5.41 Å². The Labute approximate surface area is 99.2 Å². The van der Waals surface area contributed by atoms with E-state index in [1.165, 1.54) is 0 Å². The van der Waals surface area contributed by atoms with Crippen LogP contribution >= 0.6 is 0 Å². The van der Waals surface area contributed by atoms with Gasteiger partial charge < -0.3 is 16.2 Å². The lowest BCUT2D eigenvalue weighted by molar-refractivity contribution is -0.164. The molecule has 0 fully saturated rings. The van der Waals surface area contributed by atoms with E-state index in [9.17, 15) is 9.59 Å². The van der Waals surface area contributed by atoms with Gasteiger partial charge in [-0.05, 0) is 20.8 Å². The first-order valence-electron chi connectivity index (χ1n) is 4.04. The van der Waals surface area contributed by atoms with E-state index in [2.05, 4.69) is 9.73 Å². The molecule has 0 spiro atoms. The second-order valence-electron chi connectivity index (χ2n) is 3.75. The fourth-order valence-electron chi connectivity index (χ4n) is 0.445. The van der Waals surface area contributed by atoms with Crippen LogP contribution in [-0.4, -0.2) is 41.8 Å². The van der Waals surface area contributed by atoms with Gasteiger partial charge in [-0.2, -0.15) is 0 Å². The third kappa shape index (κ3) is 7.97. The molecule has 0 aromatic carbocycles. The zero-order valence-corrected chi connectivity index (χ0v) is 10.3. The first-order valence-corrected chi connectivity index (χ1v) is 4.04. The van der Waals surface area contributed by atoms with Gasteiger partial charge in [0.25, 0.3) is 0 Å². The maximum Gasteiger partial charge on any atom is 0.335 e. The summed E-state index contributed by atoms with van der Waals surface area (Å²) >= 11 is 0. The van der Waals surface area contributed by atoms with Crippen molar-refractivity contribution in [2.45, 2.75) is 20.8 Å². The zero-order valence-electron chi connectivity index (χ0n) is 9.11. The SMILES string of the molecule is CC(C)(C)C(=O)OC(=O)CN=C(N)N.[Al]. The van der Waals surface area contributed by atoms with E-state index >= 15 is 0 Å². The monoisotopic (exact) mass is 228 g/mol. The van der Waals surface area contributed by atoms with Crippen LogP contribution in [0.15, 0.2) is 4.99 Å². The maximum atomic E-state index is 11.2. The molecule has 0 unspecified atom stereocenters.